The number of halogens is 4. The highest BCUT2D eigenvalue weighted by atomic mass is 79.9. The van der Waals surface area contributed by atoms with Crippen LogP contribution in [0.3, 0.4) is 0 Å². The molecule has 0 bridgehead atoms. The molecule has 2 aromatic rings. The summed E-state index contributed by atoms with van der Waals surface area (Å²) in [6.45, 7) is 5.21. The van der Waals surface area contributed by atoms with Gasteiger partial charge in [-0.05, 0) is 59.4 Å². The topological polar surface area (TPSA) is 29.5 Å². The lowest BCUT2D eigenvalue weighted by atomic mass is 10.0. The van der Waals surface area contributed by atoms with Crippen LogP contribution in [0.2, 0.25) is 0 Å². The van der Waals surface area contributed by atoms with Crippen LogP contribution in [0.1, 0.15) is 50.7 Å². The summed E-state index contributed by atoms with van der Waals surface area (Å²) in [5.41, 5.74) is 1.76. The summed E-state index contributed by atoms with van der Waals surface area (Å²) in [7, 11) is 0. The lowest BCUT2D eigenvalue weighted by Gasteiger charge is -2.13. The Hall–Kier alpha value is -1.14. The van der Waals surface area contributed by atoms with E-state index in [0.717, 1.165) is 20.1 Å². The average Bonchev–Trinajstić information content (AvgIpc) is 2.51. The average molecular weight is 480 g/mol. The Morgan fingerprint density at radius 1 is 0.840 bits per heavy atom. The smallest absolute Gasteiger partial charge is 0.387 e. The molecule has 1 N–H and O–H groups in total. The molecule has 0 fully saturated rings. The van der Waals surface area contributed by atoms with Crippen LogP contribution in [-0.2, 0) is 0 Å². The summed E-state index contributed by atoms with van der Waals surface area (Å²) in [6.07, 6.45) is 0. The van der Waals surface area contributed by atoms with Crippen LogP contribution >= 0.6 is 31.9 Å². The Labute approximate surface area is 164 Å². The standard InChI is InChI=1S/C10H11BrF2O.C9H11BrO/c1-6(2)8-5-7(11)3-4-9(8)14-10(12)13;1-6(2)8-5-7(10)3-4-9(8)11/h3-6,10H,1-2H3;3-6,11H,1-2H3. The lowest BCUT2D eigenvalue weighted by molar-refractivity contribution is -0.0505. The fourth-order valence-corrected chi connectivity index (χ4v) is 2.92. The van der Waals surface area contributed by atoms with E-state index in [1.165, 1.54) is 0 Å². The molecule has 0 heterocycles. The van der Waals surface area contributed by atoms with Crippen molar-refractivity contribution >= 4 is 31.9 Å². The van der Waals surface area contributed by atoms with Gasteiger partial charge in [0.2, 0.25) is 0 Å². The van der Waals surface area contributed by atoms with E-state index in [2.05, 4.69) is 50.4 Å². The lowest BCUT2D eigenvalue weighted by Crippen LogP contribution is -2.05. The molecule has 0 aliphatic heterocycles. The van der Waals surface area contributed by atoms with Crippen molar-refractivity contribution in [2.24, 2.45) is 0 Å². The highest BCUT2D eigenvalue weighted by Gasteiger charge is 2.12. The maximum atomic E-state index is 12.0. The molecule has 138 valence electrons. The van der Waals surface area contributed by atoms with Crippen molar-refractivity contribution in [1.82, 2.24) is 0 Å². The van der Waals surface area contributed by atoms with Gasteiger partial charge in [0.25, 0.3) is 0 Å². The monoisotopic (exact) mass is 478 g/mol. The molecule has 6 heteroatoms. The number of phenolic OH excluding ortho intramolecular Hbond substituents is 1. The van der Waals surface area contributed by atoms with Gasteiger partial charge in [0.1, 0.15) is 11.5 Å². The fourth-order valence-electron chi connectivity index (χ4n) is 2.16. The molecule has 0 radical (unpaired) electrons. The predicted molar refractivity (Wildman–Crippen MR) is 105 cm³/mol. The van der Waals surface area contributed by atoms with Crippen molar-refractivity contribution in [1.29, 1.82) is 0 Å². The molecule has 25 heavy (non-hydrogen) atoms. The van der Waals surface area contributed by atoms with Gasteiger partial charge in [-0.1, -0.05) is 59.6 Å². The van der Waals surface area contributed by atoms with Gasteiger partial charge in [0.15, 0.2) is 0 Å². The zero-order valence-electron chi connectivity index (χ0n) is 14.6. The molecule has 0 aliphatic rings. The van der Waals surface area contributed by atoms with Gasteiger partial charge in [0.05, 0.1) is 0 Å². The second-order valence-electron chi connectivity index (χ2n) is 6.07. The maximum absolute atomic E-state index is 12.0. The summed E-state index contributed by atoms with van der Waals surface area (Å²) in [5, 5.41) is 9.38. The van der Waals surface area contributed by atoms with Crippen molar-refractivity contribution in [3.8, 4) is 11.5 Å². The molecular weight excluding hydrogens is 458 g/mol. The summed E-state index contributed by atoms with van der Waals surface area (Å²) in [5.74, 6) is 1.15. The van der Waals surface area contributed by atoms with Crippen molar-refractivity contribution in [3.63, 3.8) is 0 Å². The van der Waals surface area contributed by atoms with Gasteiger partial charge in [-0.2, -0.15) is 8.78 Å². The largest absolute Gasteiger partial charge is 0.508 e. The highest BCUT2D eigenvalue weighted by Crippen LogP contribution is 2.30. The zero-order chi connectivity index (χ0) is 19.1. The van der Waals surface area contributed by atoms with Crippen LogP contribution in [0.25, 0.3) is 0 Å². The number of alkyl halides is 2. The number of ether oxygens (including phenoxy) is 1. The van der Waals surface area contributed by atoms with E-state index in [1.807, 2.05) is 26.0 Å². The molecule has 2 rings (SSSR count). The van der Waals surface area contributed by atoms with Gasteiger partial charge < -0.3 is 9.84 Å². The molecule has 0 unspecified atom stereocenters. The fraction of sp³-hybridized carbons (Fsp3) is 0.368. The van der Waals surface area contributed by atoms with Crippen LogP contribution in [0.15, 0.2) is 45.3 Å². The number of benzene rings is 2. The summed E-state index contributed by atoms with van der Waals surface area (Å²) >= 11 is 6.64. The first kappa shape index (κ1) is 21.9. The van der Waals surface area contributed by atoms with E-state index in [9.17, 15) is 13.9 Å². The first-order chi connectivity index (χ1) is 11.6. The Kier molecular flexibility index (Phi) is 8.86. The van der Waals surface area contributed by atoms with Crippen molar-refractivity contribution in [2.45, 2.75) is 46.1 Å². The number of rotatable bonds is 4. The Balaban J connectivity index is 0.000000257. The first-order valence-corrected chi connectivity index (χ1v) is 9.43. The van der Waals surface area contributed by atoms with Crippen LogP contribution in [0, 0.1) is 0 Å². The second-order valence-corrected chi connectivity index (χ2v) is 7.90. The summed E-state index contributed by atoms with van der Waals surface area (Å²) in [6, 6.07) is 10.5. The molecule has 0 amide bonds. The Bertz CT molecular complexity index is 689. The molecule has 0 spiro atoms. The van der Waals surface area contributed by atoms with Gasteiger partial charge in [-0.3, -0.25) is 0 Å². The van der Waals surface area contributed by atoms with Crippen LogP contribution < -0.4 is 4.74 Å². The van der Waals surface area contributed by atoms with Crippen molar-refractivity contribution < 1.29 is 18.6 Å². The van der Waals surface area contributed by atoms with E-state index in [4.69, 9.17) is 0 Å². The van der Waals surface area contributed by atoms with E-state index in [0.29, 0.717) is 11.7 Å². The summed E-state index contributed by atoms with van der Waals surface area (Å²) < 4.78 is 30.3. The summed E-state index contributed by atoms with van der Waals surface area (Å²) in [4.78, 5) is 0. The van der Waals surface area contributed by atoms with E-state index in [-0.39, 0.29) is 11.7 Å². The SMILES string of the molecule is CC(C)c1cc(Br)ccc1O.CC(C)c1cc(Br)ccc1OC(F)F. The minimum absolute atomic E-state index is 0.154. The minimum atomic E-state index is -2.77. The molecule has 0 saturated heterocycles. The van der Waals surface area contributed by atoms with Crippen LogP contribution in [-0.4, -0.2) is 11.7 Å². The normalized spacial score (nSPS) is 10.8. The third kappa shape index (κ3) is 7.32. The molecule has 0 aliphatic carbocycles. The first-order valence-electron chi connectivity index (χ1n) is 7.84. The van der Waals surface area contributed by atoms with Crippen molar-refractivity contribution in [2.75, 3.05) is 0 Å². The Morgan fingerprint density at radius 2 is 1.32 bits per heavy atom. The predicted octanol–water partition coefficient (Wildman–Crippen LogP) is 7.45. The van der Waals surface area contributed by atoms with Gasteiger partial charge in [-0.25, -0.2) is 0 Å². The van der Waals surface area contributed by atoms with Gasteiger partial charge in [-0.15, -0.1) is 0 Å². The highest BCUT2D eigenvalue weighted by molar-refractivity contribution is 9.10. The third-order valence-electron chi connectivity index (χ3n) is 3.42. The van der Waals surface area contributed by atoms with Gasteiger partial charge in [0, 0.05) is 8.95 Å². The van der Waals surface area contributed by atoms with E-state index < -0.39 is 6.61 Å². The van der Waals surface area contributed by atoms with Crippen LogP contribution in [0.5, 0.6) is 11.5 Å². The van der Waals surface area contributed by atoms with Crippen molar-refractivity contribution in [3.05, 3.63) is 56.5 Å². The number of hydrogen-bond donors (Lipinski definition) is 1. The number of aromatic hydroxyl groups is 1. The Morgan fingerprint density at radius 3 is 1.76 bits per heavy atom. The molecule has 0 aromatic heterocycles. The van der Waals surface area contributed by atoms with E-state index >= 15 is 0 Å². The van der Waals surface area contributed by atoms with E-state index in [1.54, 1.807) is 24.3 Å². The maximum Gasteiger partial charge on any atom is 0.387 e. The third-order valence-corrected chi connectivity index (χ3v) is 4.41. The quantitative estimate of drug-likeness (QED) is 0.493. The molecule has 0 saturated carbocycles. The molecule has 0 atom stereocenters. The minimum Gasteiger partial charge on any atom is -0.508 e. The number of phenols is 1. The van der Waals surface area contributed by atoms with Crippen LogP contribution in [0.4, 0.5) is 8.78 Å². The molecule has 2 aromatic carbocycles. The number of hydrogen-bond acceptors (Lipinski definition) is 2. The van der Waals surface area contributed by atoms with Gasteiger partial charge >= 0.3 is 6.61 Å². The zero-order valence-corrected chi connectivity index (χ0v) is 17.7. The molecule has 2 nitrogen and oxygen atoms in total. The second kappa shape index (κ2) is 10.1. The molecular formula is C19H22Br2F2O2.